The van der Waals surface area contributed by atoms with Crippen molar-refractivity contribution in [3.63, 3.8) is 0 Å². The first-order chi connectivity index (χ1) is 8.36. The molecule has 0 aliphatic rings. The van der Waals surface area contributed by atoms with Crippen molar-refractivity contribution < 1.29 is 29.4 Å². The van der Waals surface area contributed by atoms with Gasteiger partial charge in [-0.3, -0.25) is 9.59 Å². The van der Waals surface area contributed by atoms with E-state index in [1.807, 2.05) is 5.32 Å². The van der Waals surface area contributed by atoms with E-state index in [0.29, 0.717) is 0 Å². The van der Waals surface area contributed by atoms with Gasteiger partial charge in [0.25, 0.3) is 5.09 Å². The van der Waals surface area contributed by atoms with Gasteiger partial charge in [0.2, 0.25) is 5.91 Å². The molecule has 9 nitrogen and oxygen atoms in total. The van der Waals surface area contributed by atoms with Crippen molar-refractivity contribution in [2.24, 2.45) is 0 Å². The van der Waals surface area contributed by atoms with E-state index in [4.69, 9.17) is 5.11 Å². The zero-order valence-corrected chi connectivity index (χ0v) is 10.3. The Kier molecular flexibility index (Phi) is 7.43. The minimum Gasteiger partial charge on any atom is -0.480 e. The maximum absolute atomic E-state index is 11.1. The van der Waals surface area contributed by atoms with Crippen molar-refractivity contribution in [3.05, 3.63) is 10.1 Å². The number of aliphatic carboxylic acids is 1. The number of rotatable bonds is 8. The predicted octanol–water partition coefficient (Wildman–Crippen LogP) is -0.566. The maximum Gasteiger partial charge on any atom is 0.327 e. The number of nitrogens with zero attached hydrogens (tertiary/aromatic N) is 1. The smallest absolute Gasteiger partial charge is 0.327 e. The molecule has 0 aromatic heterocycles. The van der Waals surface area contributed by atoms with E-state index in [-0.39, 0.29) is 17.3 Å². The van der Waals surface area contributed by atoms with Gasteiger partial charge in [0.15, 0.2) is 11.7 Å². The van der Waals surface area contributed by atoms with E-state index >= 15 is 0 Å². The highest BCUT2D eigenvalue weighted by Crippen LogP contribution is 2.07. The molecule has 0 saturated carbocycles. The third-order valence-corrected chi connectivity index (χ3v) is 2.74. The molecular weight excluding hydrogens is 268 g/mol. The monoisotopic (exact) mass is 280 g/mol. The van der Waals surface area contributed by atoms with Crippen LogP contribution in [0.25, 0.3) is 0 Å². The molecule has 0 radical (unpaired) electrons. The van der Waals surface area contributed by atoms with E-state index < -0.39 is 29.6 Å². The number of amides is 1. The molecule has 102 valence electrons. The summed E-state index contributed by atoms with van der Waals surface area (Å²) in [7, 11) is 0. The Bertz CT molecular complexity index is 346. The summed E-state index contributed by atoms with van der Waals surface area (Å²) in [5.41, 5.74) is 0. The van der Waals surface area contributed by atoms with Crippen molar-refractivity contribution in [2.75, 3.05) is 12.4 Å². The molecule has 0 aliphatic carbocycles. The van der Waals surface area contributed by atoms with Gasteiger partial charge >= 0.3 is 5.97 Å². The Morgan fingerprint density at radius 1 is 1.50 bits per heavy atom. The van der Waals surface area contributed by atoms with E-state index in [9.17, 15) is 24.5 Å². The van der Waals surface area contributed by atoms with Gasteiger partial charge in [0, 0.05) is 12.2 Å². The normalized spacial score (nSPS) is 11.4. The Morgan fingerprint density at radius 2 is 2.11 bits per heavy atom. The van der Waals surface area contributed by atoms with Crippen LogP contribution in [0.3, 0.4) is 0 Å². The fraction of sp³-hybridized carbons (Fsp3) is 0.625. The van der Waals surface area contributed by atoms with Crippen molar-refractivity contribution in [2.45, 2.75) is 19.4 Å². The number of hydrogen-bond acceptors (Lipinski definition) is 7. The van der Waals surface area contributed by atoms with Crippen molar-refractivity contribution >= 4 is 28.8 Å². The standard InChI is InChI=1S/C8H12N2O7S/c1-2-7(12)18-4-5(8(13)14)9-6(11)3-17-10(15)16/h5H,2-4H2,1H3,(H,9,11)(H,13,14). The van der Waals surface area contributed by atoms with E-state index in [0.717, 1.165) is 11.8 Å². The molecule has 2 N–H and O–H groups in total. The molecule has 0 aromatic carbocycles. The van der Waals surface area contributed by atoms with Crippen LogP contribution in [0, 0.1) is 10.1 Å². The van der Waals surface area contributed by atoms with Gasteiger partial charge in [-0.1, -0.05) is 18.7 Å². The van der Waals surface area contributed by atoms with Gasteiger partial charge in [-0.05, 0) is 0 Å². The topological polar surface area (TPSA) is 136 Å². The number of carboxylic acids is 1. The van der Waals surface area contributed by atoms with Crippen molar-refractivity contribution in [1.82, 2.24) is 5.32 Å². The molecule has 1 unspecified atom stereocenters. The average Bonchev–Trinajstić information content (AvgIpc) is 2.30. The summed E-state index contributed by atoms with van der Waals surface area (Å²) in [5.74, 6) is -2.42. The number of hydrogen-bond donors (Lipinski definition) is 2. The molecule has 1 atom stereocenters. The number of carboxylic acid groups (broad SMARTS) is 1. The van der Waals surface area contributed by atoms with Crippen LogP contribution in [0.1, 0.15) is 13.3 Å². The van der Waals surface area contributed by atoms with Crippen LogP contribution in [0.2, 0.25) is 0 Å². The zero-order chi connectivity index (χ0) is 14.1. The summed E-state index contributed by atoms with van der Waals surface area (Å²) in [6.07, 6.45) is 0.245. The lowest BCUT2D eigenvalue weighted by molar-refractivity contribution is -0.754. The van der Waals surface area contributed by atoms with Crippen LogP contribution >= 0.6 is 11.8 Å². The van der Waals surface area contributed by atoms with Crippen molar-refractivity contribution in [1.29, 1.82) is 0 Å². The molecule has 0 aromatic rings. The van der Waals surface area contributed by atoms with Gasteiger partial charge in [0.1, 0.15) is 6.04 Å². The fourth-order valence-electron chi connectivity index (χ4n) is 0.800. The van der Waals surface area contributed by atoms with Crippen LogP contribution < -0.4 is 5.32 Å². The van der Waals surface area contributed by atoms with E-state index in [1.54, 1.807) is 6.92 Å². The zero-order valence-electron chi connectivity index (χ0n) is 9.45. The second-order valence-electron chi connectivity index (χ2n) is 2.99. The first-order valence-electron chi connectivity index (χ1n) is 4.81. The van der Waals surface area contributed by atoms with Gasteiger partial charge in [-0.2, -0.15) is 0 Å². The molecule has 0 saturated heterocycles. The summed E-state index contributed by atoms with van der Waals surface area (Å²) in [6.45, 7) is 0.734. The molecule has 0 heterocycles. The Labute approximate surface area is 106 Å². The largest absolute Gasteiger partial charge is 0.480 e. The van der Waals surface area contributed by atoms with Crippen LogP contribution in [-0.2, 0) is 19.2 Å². The molecule has 1 amide bonds. The first kappa shape index (κ1) is 16.2. The fourth-order valence-corrected chi connectivity index (χ4v) is 1.58. The lowest BCUT2D eigenvalue weighted by Crippen LogP contribution is -2.44. The second kappa shape index (κ2) is 8.28. The highest BCUT2D eigenvalue weighted by Gasteiger charge is 2.21. The third-order valence-electron chi connectivity index (χ3n) is 1.63. The van der Waals surface area contributed by atoms with Gasteiger partial charge in [-0.25, -0.2) is 4.79 Å². The molecule has 0 fully saturated rings. The molecule has 18 heavy (non-hydrogen) atoms. The SMILES string of the molecule is CCC(=O)SCC(NC(=O)CO[N+](=O)[O-])C(=O)O. The summed E-state index contributed by atoms with van der Waals surface area (Å²) in [5, 5.41) is 19.2. The predicted molar refractivity (Wildman–Crippen MR) is 60.3 cm³/mol. The van der Waals surface area contributed by atoms with E-state index in [2.05, 4.69) is 4.84 Å². The summed E-state index contributed by atoms with van der Waals surface area (Å²) >= 11 is 0.770. The molecule has 10 heteroatoms. The molecule has 0 spiro atoms. The molecule has 0 aliphatic heterocycles. The van der Waals surface area contributed by atoms with Crippen LogP contribution in [-0.4, -0.2) is 45.6 Å². The number of thioether (sulfide) groups is 1. The third kappa shape index (κ3) is 7.44. The Balaban J connectivity index is 4.18. The molecule has 0 rings (SSSR count). The maximum atomic E-state index is 11.1. The van der Waals surface area contributed by atoms with Gasteiger partial charge < -0.3 is 15.3 Å². The van der Waals surface area contributed by atoms with E-state index in [1.165, 1.54) is 0 Å². The molecule has 0 bridgehead atoms. The summed E-state index contributed by atoms with van der Waals surface area (Å²) in [4.78, 5) is 46.4. The minimum atomic E-state index is -1.33. The van der Waals surface area contributed by atoms with Gasteiger partial charge in [0.05, 0.1) is 0 Å². The number of nitrogens with one attached hydrogen (secondary N) is 1. The number of carbonyl (C=O) groups is 3. The Morgan fingerprint density at radius 3 is 2.56 bits per heavy atom. The summed E-state index contributed by atoms with van der Waals surface area (Å²) in [6, 6.07) is -1.30. The quantitative estimate of drug-likeness (QED) is 0.445. The average molecular weight is 280 g/mol. The highest BCUT2D eigenvalue weighted by molar-refractivity contribution is 8.13. The van der Waals surface area contributed by atoms with Crippen molar-refractivity contribution in [3.8, 4) is 0 Å². The Hall–Kier alpha value is -1.84. The number of carbonyl (C=O) groups excluding carboxylic acids is 2. The molecular formula is C8H12N2O7S. The first-order valence-corrected chi connectivity index (χ1v) is 5.80. The lowest BCUT2D eigenvalue weighted by Gasteiger charge is -2.12. The highest BCUT2D eigenvalue weighted by atomic mass is 32.2. The van der Waals surface area contributed by atoms with Gasteiger partial charge in [-0.15, -0.1) is 10.1 Å². The van der Waals surface area contributed by atoms with Crippen LogP contribution in [0.4, 0.5) is 0 Å². The van der Waals surface area contributed by atoms with Crippen LogP contribution in [0.5, 0.6) is 0 Å². The lowest BCUT2D eigenvalue weighted by atomic mass is 10.3. The summed E-state index contributed by atoms with van der Waals surface area (Å²) < 4.78 is 0. The second-order valence-corrected chi connectivity index (χ2v) is 4.07. The minimum absolute atomic E-state index is 0.147. The van der Waals surface area contributed by atoms with Crippen LogP contribution in [0.15, 0.2) is 0 Å².